The van der Waals surface area contributed by atoms with Crippen molar-refractivity contribution in [2.24, 2.45) is 44.3 Å². The van der Waals surface area contributed by atoms with Gasteiger partial charge in [-0.3, -0.25) is 9.80 Å². The summed E-state index contributed by atoms with van der Waals surface area (Å²) in [7, 11) is 5.25. The lowest BCUT2D eigenvalue weighted by Crippen LogP contribution is -2.54. The number of benzene rings is 6. The molecule has 3 aromatic heterocycles. The second kappa shape index (κ2) is 45.0. The SMILES string of the molecule is CCc1cc(NC(=O)N[C@@H](C)[C@@H](O)CN(CCCc2ccc(F)cc2)CC23CC4CC(CC(C4)C2)C3)cc(-c2nnnn2C)c1.CCc1cc(NC(=O)N[C@H](C)[C@@H](O)CN(CCCc2ccc(F)cc2)C2CCCCC2)cc(-c2nnnn2C)c1.CCc1cc(NC(=O)N[C@H](C)[C@@H](O)CN(CCCc2ccc(F)cc2)CC(F)(F)F)cc(-c2nnnn2C)c1.[HH].[HH].[HH].[HH].[HH].[HH].[HH].[HH].[HH]. The minimum Gasteiger partial charge on any atom is -0.390 e. The molecule has 5 saturated carbocycles. The highest BCUT2D eigenvalue weighted by atomic mass is 19.4. The summed E-state index contributed by atoms with van der Waals surface area (Å²) in [5.74, 6) is 3.53. The first-order chi connectivity index (χ1) is 59.4. The van der Waals surface area contributed by atoms with E-state index in [0.29, 0.717) is 83.9 Å². The van der Waals surface area contributed by atoms with E-state index in [1.165, 1.54) is 106 Å². The topological polar surface area (TPSA) is 325 Å². The van der Waals surface area contributed by atoms with Gasteiger partial charge in [0.05, 0.1) is 43.0 Å². The van der Waals surface area contributed by atoms with E-state index in [1.807, 2.05) is 94.4 Å². The van der Waals surface area contributed by atoms with Gasteiger partial charge in [0.25, 0.3) is 0 Å². The zero-order valence-electron chi connectivity index (χ0n) is 72.7. The molecule has 6 amide bonds. The number of aliphatic hydroxyl groups excluding tert-OH is 3. The summed E-state index contributed by atoms with van der Waals surface area (Å²) in [5, 5.41) is 85.1. The molecule has 14 rings (SSSR count). The first-order valence-corrected chi connectivity index (χ1v) is 43.8. The Morgan fingerprint density at radius 2 is 0.798 bits per heavy atom. The normalized spacial score (nSPS) is 18.3. The van der Waals surface area contributed by atoms with Gasteiger partial charge in [-0.25, -0.2) is 41.6 Å². The van der Waals surface area contributed by atoms with Gasteiger partial charge in [-0.1, -0.05) is 76.4 Å². The van der Waals surface area contributed by atoms with E-state index in [9.17, 15) is 56.0 Å². The number of nitrogens with zero attached hydrogens (tertiary/aromatic N) is 15. The number of hydrogen-bond donors (Lipinski definition) is 9. The number of hydrogen-bond acceptors (Lipinski definition) is 18. The monoisotopic (exact) mass is 1740 g/mol. The molecule has 5 aliphatic rings. The van der Waals surface area contributed by atoms with Gasteiger partial charge >= 0.3 is 24.3 Å². The molecule has 27 nitrogen and oxygen atoms in total. The fourth-order valence-electron chi connectivity index (χ4n) is 18.4. The molecule has 688 valence electrons. The average molecular weight is 1740 g/mol. The summed E-state index contributed by atoms with van der Waals surface area (Å²) >= 11 is 0. The van der Waals surface area contributed by atoms with Gasteiger partial charge in [-0.15, -0.1) is 15.3 Å². The van der Waals surface area contributed by atoms with Crippen molar-refractivity contribution in [3.63, 3.8) is 0 Å². The number of urea groups is 3. The highest BCUT2D eigenvalue weighted by Crippen LogP contribution is 2.60. The highest BCUT2D eigenvalue weighted by Gasteiger charge is 2.51. The summed E-state index contributed by atoms with van der Waals surface area (Å²) in [6.45, 7) is 13.6. The molecule has 0 saturated heterocycles. The van der Waals surface area contributed by atoms with E-state index >= 15 is 0 Å². The number of aromatic nitrogens is 12. The molecule has 6 aromatic carbocycles. The first kappa shape index (κ1) is 94.4. The fraction of sp³-hybridized carbons (Fsp3) is 0.538. The lowest BCUT2D eigenvalue weighted by Gasteiger charge is -2.58. The van der Waals surface area contributed by atoms with E-state index in [-0.39, 0.29) is 55.4 Å². The van der Waals surface area contributed by atoms with Gasteiger partial charge in [0.1, 0.15) is 17.5 Å². The maximum Gasteiger partial charge on any atom is 0.401 e. The predicted octanol–water partition coefficient (Wildman–Crippen LogP) is 16.5. The van der Waals surface area contributed by atoms with Crippen molar-refractivity contribution < 1.29 is 68.9 Å². The standard InChI is InChI=1S/C35H48FN7O2.C30H42FN7O2.C26H33F4N7O2.9H2/c1-4-24-15-29(33-39-40-41-42(33)3)17-31(16-24)38-34(45)37-23(2)32(44)21-43(11-5-6-25-7-9-30(36)10-8-25)22-35-18-26-12-27(19-35)14-28(13-26)20-35;1-4-22-17-24(29-34-35-36-37(29)3)19-26(18-22)33-30(40)32-21(2)28(39)20-38(27-10-6-5-7-11-27)16-8-9-23-12-14-25(31)15-13-23;1-4-18-12-20(24-33-34-35-36(24)3)14-22(13-18)32-25(39)31-17(2)23(38)15-37(16-26(28,29)30)11-5-6-19-7-9-21(27)10-8-19;;;;;;;;;/h7-10,15-17,23,26-28,32,44H,4-6,11-14,18-22H2,1-3H3,(H2,37,38,45);12-15,17-19,21,27-28,39H,4-11,16,20H2,1-3H3,(H2,32,33,40);7-10,12-14,17,23,38H,4-6,11,15-16H2,1-3H3,(H2,31,32,39);9*1H/t23-,26?,27?,28?,32-,35?;21-,28+;17-,23+;;;;;;;;;/m011........./s1. The molecule has 33 heteroatoms. The Morgan fingerprint density at radius 3 is 1.13 bits per heavy atom. The Hall–Kier alpha value is -10.3. The molecule has 0 unspecified atom stereocenters. The van der Waals surface area contributed by atoms with Gasteiger partial charge in [0.15, 0.2) is 17.5 Å². The second-order valence-electron chi connectivity index (χ2n) is 34.5. The summed E-state index contributed by atoms with van der Waals surface area (Å²) in [6, 6.07) is 33.6. The van der Waals surface area contributed by atoms with Crippen LogP contribution < -0.4 is 31.9 Å². The summed E-state index contributed by atoms with van der Waals surface area (Å²) in [6.07, 6.45) is 13.6. The third-order valence-electron chi connectivity index (χ3n) is 24.5. The molecule has 0 radical (unpaired) electrons. The smallest absolute Gasteiger partial charge is 0.390 e. The molecule has 0 spiro atoms. The number of anilines is 3. The number of carbonyl (C=O) groups is 3. The molecule has 5 aliphatic carbocycles. The minimum absolute atomic E-state index is 0. The summed E-state index contributed by atoms with van der Waals surface area (Å²) < 4.78 is 84.0. The molecule has 9 N–H and O–H groups in total. The summed E-state index contributed by atoms with van der Waals surface area (Å²) in [4.78, 5) is 44.6. The van der Waals surface area contributed by atoms with Crippen LogP contribution in [-0.2, 0) is 59.7 Å². The third kappa shape index (κ3) is 28.6. The van der Waals surface area contributed by atoms with Gasteiger partial charge in [-0.2, -0.15) is 13.2 Å². The Morgan fingerprint density at radius 1 is 0.468 bits per heavy atom. The Bertz CT molecular complexity index is 4870. The molecule has 3 heterocycles. The number of alkyl halides is 3. The molecular formula is C91H141F6N21O6. The fourth-order valence-corrected chi connectivity index (χ4v) is 18.4. The maximum atomic E-state index is 13.4. The number of carbonyl (C=O) groups excluding carboxylic acids is 3. The van der Waals surface area contributed by atoms with Crippen LogP contribution in [0.4, 0.5) is 57.8 Å². The second-order valence-corrected chi connectivity index (χ2v) is 34.5. The number of tetrazole rings is 3. The average Bonchev–Trinajstić information content (AvgIpc) is 1.10. The number of aryl methyl sites for hydroxylation is 9. The number of amides is 6. The Balaban J connectivity index is 0.000000655. The van der Waals surface area contributed by atoms with Gasteiger partial charge in [0.2, 0.25) is 0 Å². The van der Waals surface area contributed by atoms with E-state index in [0.717, 1.165) is 138 Å². The molecular weight excluding hydrogens is 1600 g/mol. The van der Waals surface area contributed by atoms with E-state index < -0.39 is 55.2 Å². The van der Waals surface area contributed by atoms with Crippen LogP contribution in [0.1, 0.15) is 178 Å². The van der Waals surface area contributed by atoms with E-state index in [1.54, 1.807) is 54.8 Å². The molecule has 124 heavy (non-hydrogen) atoms. The zero-order chi connectivity index (χ0) is 88.6. The molecule has 6 atom stereocenters. The number of halogens is 6. The predicted molar refractivity (Wildman–Crippen MR) is 485 cm³/mol. The van der Waals surface area contributed by atoms with Crippen LogP contribution in [0.3, 0.4) is 0 Å². The lowest BCUT2D eigenvalue weighted by atomic mass is 9.49. The van der Waals surface area contributed by atoms with E-state index in [4.69, 9.17) is 0 Å². The van der Waals surface area contributed by atoms with Crippen LogP contribution >= 0.6 is 0 Å². The Kier molecular flexibility index (Phi) is 34.3. The van der Waals surface area contributed by atoms with Crippen molar-refractivity contribution >= 4 is 35.2 Å². The van der Waals surface area contributed by atoms with Gasteiger partial charge in [-0.05, 0) is 328 Å². The molecule has 5 fully saturated rings. The molecule has 9 aromatic rings. The lowest BCUT2D eigenvalue weighted by molar-refractivity contribution is -0.149. The third-order valence-corrected chi connectivity index (χ3v) is 24.5. The highest BCUT2D eigenvalue weighted by molar-refractivity contribution is 5.92. The summed E-state index contributed by atoms with van der Waals surface area (Å²) in [5.41, 5.74) is 10.5. The van der Waals surface area contributed by atoms with Crippen LogP contribution in [0.25, 0.3) is 34.2 Å². The Labute approximate surface area is 736 Å². The first-order valence-electron chi connectivity index (χ1n) is 43.8. The number of rotatable bonds is 37. The van der Waals surface area contributed by atoms with Crippen molar-refractivity contribution in [1.82, 2.24) is 91.3 Å². The van der Waals surface area contributed by atoms with Gasteiger partial charge < -0.3 is 52.1 Å². The molecule has 0 aliphatic heterocycles. The molecule has 4 bridgehead atoms. The van der Waals surface area contributed by atoms with Crippen LogP contribution in [0.15, 0.2) is 127 Å². The van der Waals surface area contributed by atoms with Crippen LogP contribution in [0.5, 0.6) is 0 Å². The van der Waals surface area contributed by atoms with Crippen molar-refractivity contribution in [3.05, 3.63) is 178 Å². The quantitative estimate of drug-likeness (QED) is 0.0163. The van der Waals surface area contributed by atoms with Crippen molar-refractivity contribution in [2.45, 2.75) is 219 Å². The van der Waals surface area contributed by atoms with Crippen LogP contribution in [-0.4, -0.2) is 210 Å². The zero-order valence-corrected chi connectivity index (χ0v) is 72.7. The van der Waals surface area contributed by atoms with Crippen molar-refractivity contribution in [2.75, 3.05) is 68.3 Å². The minimum atomic E-state index is -4.45. The van der Waals surface area contributed by atoms with E-state index in [2.05, 4.69) is 95.2 Å². The number of nitrogens with one attached hydrogen (secondary N) is 6. The van der Waals surface area contributed by atoms with Gasteiger partial charge in [0, 0.05) is 100.0 Å². The van der Waals surface area contributed by atoms with Crippen molar-refractivity contribution in [3.8, 4) is 34.2 Å². The van der Waals surface area contributed by atoms with Crippen LogP contribution in [0.2, 0.25) is 0 Å². The number of aliphatic hydroxyl groups is 3. The van der Waals surface area contributed by atoms with Crippen molar-refractivity contribution in [1.29, 1.82) is 0 Å². The largest absolute Gasteiger partial charge is 0.401 e. The maximum absolute atomic E-state index is 13.4. The van der Waals surface area contributed by atoms with Crippen LogP contribution in [0, 0.1) is 40.6 Å².